The van der Waals surface area contributed by atoms with Gasteiger partial charge in [-0.2, -0.15) is 13.2 Å². The Hall–Kier alpha value is -2.00. The Kier molecular flexibility index (Phi) is 11.3. The van der Waals surface area contributed by atoms with Gasteiger partial charge >= 0.3 is 6.18 Å². The molecule has 9 heteroatoms. The van der Waals surface area contributed by atoms with Crippen LogP contribution in [0, 0.1) is 0 Å². The molecule has 0 radical (unpaired) electrons. The zero-order valence-electron chi connectivity index (χ0n) is 15.8. The maximum atomic E-state index is 12.1. The van der Waals surface area contributed by atoms with Crippen molar-refractivity contribution < 1.29 is 27.4 Å². The summed E-state index contributed by atoms with van der Waals surface area (Å²) < 4.78 is 51.3. The Morgan fingerprint density at radius 3 is 2.41 bits per heavy atom. The standard InChI is InChI=1S/C18H28F3N3O3/c1-22-17(23-9-3-4-10-26-12-11-25-2)24-13-15-5-7-16(8-6-15)27-14-18(19,20)21/h5-8H,3-4,9-14H2,1-2H3,(H2,22,23,24). The summed E-state index contributed by atoms with van der Waals surface area (Å²) in [5, 5.41) is 6.35. The van der Waals surface area contributed by atoms with E-state index in [1.807, 2.05) is 0 Å². The largest absolute Gasteiger partial charge is 0.484 e. The Morgan fingerprint density at radius 1 is 1.04 bits per heavy atom. The maximum Gasteiger partial charge on any atom is 0.422 e. The molecule has 27 heavy (non-hydrogen) atoms. The number of benzene rings is 1. The molecule has 1 aromatic carbocycles. The van der Waals surface area contributed by atoms with Crippen molar-refractivity contribution >= 4 is 5.96 Å². The summed E-state index contributed by atoms with van der Waals surface area (Å²) in [4.78, 5) is 4.13. The lowest BCUT2D eigenvalue weighted by atomic mass is 10.2. The Morgan fingerprint density at radius 2 is 1.78 bits per heavy atom. The molecule has 0 heterocycles. The van der Waals surface area contributed by atoms with Gasteiger partial charge in [0.2, 0.25) is 0 Å². The number of ether oxygens (including phenoxy) is 3. The fourth-order valence-electron chi connectivity index (χ4n) is 2.06. The summed E-state index contributed by atoms with van der Waals surface area (Å²) in [6.07, 6.45) is -2.46. The first-order chi connectivity index (χ1) is 12.9. The van der Waals surface area contributed by atoms with Gasteiger partial charge in [-0.1, -0.05) is 12.1 Å². The van der Waals surface area contributed by atoms with E-state index < -0.39 is 12.8 Å². The number of hydrogen-bond donors (Lipinski definition) is 2. The third-order valence-corrected chi connectivity index (χ3v) is 3.45. The van der Waals surface area contributed by atoms with Gasteiger partial charge in [-0.25, -0.2) is 0 Å². The molecule has 154 valence electrons. The van der Waals surface area contributed by atoms with E-state index in [2.05, 4.69) is 20.4 Å². The average Bonchev–Trinajstić information content (AvgIpc) is 2.65. The molecule has 6 nitrogen and oxygen atoms in total. The Bertz CT molecular complexity index is 537. The summed E-state index contributed by atoms with van der Waals surface area (Å²) in [5.41, 5.74) is 0.906. The predicted molar refractivity (Wildman–Crippen MR) is 98.1 cm³/mol. The SMILES string of the molecule is CN=C(NCCCCOCCOC)NCc1ccc(OCC(F)(F)F)cc1. The highest BCUT2D eigenvalue weighted by Gasteiger charge is 2.28. The highest BCUT2D eigenvalue weighted by atomic mass is 19.4. The Balaban J connectivity index is 2.20. The molecule has 0 bridgehead atoms. The van der Waals surface area contributed by atoms with Crippen LogP contribution in [0.15, 0.2) is 29.3 Å². The molecule has 0 saturated heterocycles. The highest BCUT2D eigenvalue weighted by Crippen LogP contribution is 2.18. The van der Waals surface area contributed by atoms with Crippen LogP contribution in [0.3, 0.4) is 0 Å². The first kappa shape index (κ1) is 23.0. The first-order valence-electron chi connectivity index (χ1n) is 8.74. The van der Waals surface area contributed by atoms with Gasteiger partial charge < -0.3 is 24.8 Å². The molecule has 2 N–H and O–H groups in total. The van der Waals surface area contributed by atoms with E-state index in [1.54, 1.807) is 26.3 Å². The maximum absolute atomic E-state index is 12.1. The third kappa shape index (κ3) is 12.1. The van der Waals surface area contributed by atoms with Crippen molar-refractivity contribution in [1.29, 1.82) is 0 Å². The van der Waals surface area contributed by atoms with Crippen LogP contribution in [0.4, 0.5) is 13.2 Å². The minimum atomic E-state index is -4.34. The minimum Gasteiger partial charge on any atom is -0.484 e. The van der Waals surface area contributed by atoms with Crippen molar-refractivity contribution in [2.45, 2.75) is 25.6 Å². The van der Waals surface area contributed by atoms with Crippen molar-refractivity contribution in [3.63, 3.8) is 0 Å². The van der Waals surface area contributed by atoms with Gasteiger partial charge in [0.15, 0.2) is 12.6 Å². The summed E-state index contributed by atoms with van der Waals surface area (Å²) in [6, 6.07) is 6.46. The Labute approximate surface area is 158 Å². The number of rotatable bonds is 12. The van der Waals surface area contributed by atoms with Crippen LogP contribution >= 0.6 is 0 Å². The molecule has 1 rings (SSSR count). The summed E-state index contributed by atoms with van der Waals surface area (Å²) in [5.74, 6) is 0.846. The van der Waals surface area contributed by atoms with E-state index >= 15 is 0 Å². The molecule has 0 aliphatic carbocycles. The number of nitrogens with zero attached hydrogens (tertiary/aromatic N) is 1. The molecule has 0 amide bonds. The van der Waals surface area contributed by atoms with Crippen LogP contribution in [-0.2, 0) is 16.0 Å². The smallest absolute Gasteiger partial charge is 0.422 e. The van der Waals surface area contributed by atoms with Crippen molar-refractivity contribution in [1.82, 2.24) is 10.6 Å². The molecule has 0 unspecified atom stereocenters. The van der Waals surface area contributed by atoms with E-state index in [9.17, 15) is 13.2 Å². The molecule has 0 fully saturated rings. The van der Waals surface area contributed by atoms with Gasteiger partial charge in [0.1, 0.15) is 5.75 Å². The fourth-order valence-corrected chi connectivity index (χ4v) is 2.06. The van der Waals surface area contributed by atoms with Crippen LogP contribution in [-0.4, -0.2) is 59.3 Å². The average molecular weight is 391 g/mol. The molecule has 0 aliphatic rings. The zero-order valence-corrected chi connectivity index (χ0v) is 15.8. The van der Waals surface area contributed by atoms with Gasteiger partial charge in [-0.3, -0.25) is 4.99 Å². The highest BCUT2D eigenvalue weighted by molar-refractivity contribution is 5.79. The van der Waals surface area contributed by atoms with Crippen molar-refractivity contribution in [2.24, 2.45) is 4.99 Å². The predicted octanol–water partition coefficient (Wildman–Crippen LogP) is 2.74. The molecule has 0 aliphatic heterocycles. The van der Waals surface area contributed by atoms with Crippen molar-refractivity contribution in [2.75, 3.05) is 47.1 Å². The topological polar surface area (TPSA) is 64.1 Å². The van der Waals surface area contributed by atoms with Crippen LogP contribution in [0.1, 0.15) is 18.4 Å². The zero-order chi connectivity index (χ0) is 20.0. The summed E-state index contributed by atoms with van der Waals surface area (Å²) >= 11 is 0. The number of nitrogens with one attached hydrogen (secondary N) is 2. The van der Waals surface area contributed by atoms with E-state index in [0.29, 0.717) is 32.3 Å². The second-order valence-electron chi connectivity index (χ2n) is 5.71. The molecule has 0 atom stereocenters. The number of methoxy groups -OCH3 is 1. The fraction of sp³-hybridized carbons (Fsp3) is 0.611. The van der Waals surface area contributed by atoms with Gasteiger partial charge in [0.25, 0.3) is 0 Å². The lowest BCUT2D eigenvalue weighted by Gasteiger charge is -2.13. The minimum absolute atomic E-state index is 0.186. The van der Waals surface area contributed by atoms with Gasteiger partial charge in [-0.05, 0) is 30.5 Å². The molecule has 0 saturated carbocycles. The van der Waals surface area contributed by atoms with E-state index in [0.717, 1.165) is 24.9 Å². The van der Waals surface area contributed by atoms with E-state index in [-0.39, 0.29) is 5.75 Å². The summed E-state index contributed by atoms with van der Waals surface area (Å²) in [7, 11) is 3.32. The number of aliphatic imine (C=N–C) groups is 1. The summed E-state index contributed by atoms with van der Waals surface area (Å²) in [6.45, 7) is 1.87. The molecule has 0 spiro atoms. The van der Waals surface area contributed by atoms with Crippen LogP contribution < -0.4 is 15.4 Å². The van der Waals surface area contributed by atoms with Crippen LogP contribution in [0.25, 0.3) is 0 Å². The number of hydrogen-bond acceptors (Lipinski definition) is 4. The second-order valence-corrected chi connectivity index (χ2v) is 5.71. The van der Waals surface area contributed by atoms with Gasteiger partial charge in [-0.15, -0.1) is 0 Å². The number of halogens is 3. The van der Waals surface area contributed by atoms with Crippen molar-refractivity contribution in [3.8, 4) is 5.75 Å². The van der Waals surface area contributed by atoms with Crippen LogP contribution in [0.5, 0.6) is 5.75 Å². The third-order valence-electron chi connectivity index (χ3n) is 3.45. The van der Waals surface area contributed by atoms with Crippen LogP contribution in [0.2, 0.25) is 0 Å². The van der Waals surface area contributed by atoms with E-state index in [4.69, 9.17) is 9.47 Å². The first-order valence-corrected chi connectivity index (χ1v) is 8.74. The van der Waals surface area contributed by atoms with E-state index in [1.165, 1.54) is 12.1 Å². The normalized spacial score (nSPS) is 12.1. The quantitative estimate of drug-likeness (QED) is 0.326. The lowest BCUT2D eigenvalue weighted by molar-refractivity contribution is -0.153. The van der Waals surface area contributed by atoms with Gasteiger partial charge in [0.05, 0.1) is 13.2 Å². The molecule has 1 aromatic rings. The molecular formula is C18H28F3N3O3. The number of unbranched alkanes of at least 4 members (excludes halogenated alkanes) is 1. The van der Waals surface area contributed by atoms with Gasteiger partial charge in [0, 0.05) is 33.9 Å². The second kappa shape index (κ2) is 13.2. The monoisotopic (exact) mass is 391 g/mol. The molecule has 0 aromatic heterocycles. The number of guanidine groups is 1. The lowest BCUT2D eigenvalue weighted by Crippen LogP contribution is -2.37. The van der Waals surface area contributed by atoms with Crippen molar-refractivity contribution in [3.05, 3.63) is 29.8 Å². The number of alkyl halides is 3. The molecular weight excluding hydrogens is 363 g/mol.